The van der Waals surface area contributed by atoms with Gasteiger partial charge in [-0.1, -0.05) is 0 Å². The lowest BCUT2D eigenvalue weighted by Gasteiger charge is -2.29. The van der Waals surface area contributed by atoms with E-state index < -0.39 is 0 Å². The Hall–Kier alpha value is -1.92. The molecule has 6 heteroatoms. The van der Waals surface area contributed by atoms with Crippen LogP contribution in [-0.4, -0.2) is 42.7 Å². The van der Waals surface area contributed by atoms with Crippen LogP contribution in [0.3, 0.4) is 0 Å². The number of ether oxygens (including phenoxy) is 1. The highest BCUT2D eigenvalue weighted by molar-refractivity contribution is 5.84. The van der Waals surface area contributed by atoms with Crippen LogP contribution in [0.25, 0.3) is 10.9 Å². The molecular weight excluding hydrogens is 285 g/mol. The molecule has 3 rings (SSSR count). The van der Waals surface area contributed by atoms with Gasteiger partial charge in [-0.15, -0.1) is 0 Å². The van der Waals surface area contributed by atoms with E-state index in [4.69, 9.17) is 4.74 Å². The first-order valence-corrected chi connectivity index (χ1v) is 7.53. The summed E-state index contributed by atoms with van der Waals surface area (Å²) in [5.74, 6) is -0.301. The number of aromatic amines is 1. The molecule has 2 heterocycles. The number of rotatable bonds is 4. The Morgan fingerprint density at radius 1 is 1.50 bits per heavy atom. The van der Waals surface area contributed by atoms with E-state index in [1.807, 2.05) is 13.1 Å². The highest BCUT2D eigenvalue weighted by Gasteiger charge is 2.27. The molecular formula is C16H20FN3O2. The van der Waals surface area contributed by atoms with Crippen molar-refractivity contribution in [1.29, 1.82) is 0 Å². The molecule has 1 aliphatic rings. The number of hydrogen-bond donors (Lipinski definition) is 3. The van der Waals surface area contributed by atoms with E-state index in [0.29, 0.717) is 26.1 Å². The molecule has 2 atom stereocenters. The molecule has 22 heavy (non-hydrogen) atoms. The van der Waals surface area contributed by atoms with Gasteiger partial charge in [-0.2, -0.15) is 0 Å². The van der Waals surface area contributed by atoms with Gasteiger partial charge in [0, 0.05) is 30.2 Å². The molecule has 0 spiro atoms. The van der Waals surface area contributed by atoms with Gasteiger partial charge in [0.2, 0.25) is 5.91 Å². The van der Waals surface area contributed by atoms with Gasteiger partial charge < -0.3 is 20.4 Å². The Balaban J connectivity index is 1.57. The number of hydrogen-bond acceptors (Lipinski definition) is 3. The molecule has 0 bridgehead atoms. The SMILES string of the molecule is C[C@H]1OCCN[C@@H]1C(=O)NCCc1c[nH]c2cc(F)ccc12. The number of fused-ring (bicyclic) bond motifs is 1. The Bertz CT molecular complexity index is 670. The first-order chi connectivity index (χ1) is 10.6. The summed E-state index contributed by atoms with van der Waals surface area (Å²) >= 11 is 0. The van der Waals surface area contributed by atoms with Crippen molar-refractivity contribution in [2.75, 3.05) is 19.7 Å². The van der Waals surface area contributed by atoms with E-state index >= 15 is 0 Å². The largest absolute Gasteiger partial charge is 0.375 e. The van der Waals surface area contributed by atoms with Crippen LogP contribution in [-0.2, 0) is 16.0 Å². The highest BCUT2D eigenvalue weighted by Crippen LogP contribution is 2.19. The van der Waals surface area contributed by atoms with Gasteiger partial charge in [-0.25, -0.2) is 4.39 Å². The first kappa shape index (κ1) is 15.0. The molecule has 3 N–H and O–H groups in total. The minimum Gasteiger partial charge on any atom is -0.375 e. The number of nitrogens with one attached hydrogen (secondary N) is 3. The quantitative estimate of drug-likeness (QED) is 0.799. The van der Waals surface area contributed by atoms with Gasteiger partial charge in [-0.3, -0.25) is 4.79 Å². The maximum Gasteiger partial charge on any atom is 0.239 e. The van der Waals surface area contributed by atoms with Crippen LogP contribution in [0, 0.1) is 5.82 Å². The number of H-pyrrole nitrogens is 1. The molecule has 0 aliphatic carbocycles. The Morgan fingerprint density at radius 2 is 2.36 bits per heavy atom. The van der Waals surface area contributed by atoms with Crippen molar-refractivity contribution in [3.05, 3.63) is 35.8 Å². The van der Waals surface area contributed by atoms with E-state index in [1.54, 1.807) is 6.07 Å². The van der Waals surface area contributed by atoms with Crippen molar-refractivity contribution >= 4 is 16.8 Å². The van der Waals surface area contributed by atoms with E-state index in [1.165, 1.54) is 12.1 Å². The number of carbonyl (C=O) groups excluding carboxylic acids is 1. The monoisotopic (exact) mass is 305 g/mol. The Kier molecular flexibility index (Phi) is 4.40. The zero-order valence-corrected chi connectivity index (χ0v) is 12.5. The lowest BCUT2D eigenvalue weighted by Crippen LogP contribution is -2.55. The predicted molar refractivity (Wildman–Crippen MR) is 82.2 cm³/mol. The normalized spacial score (nSPS) is 21.9. The van der Waals surface area contributed by atoms with E-state index in [0.717, 1.165) is 16.5 Å². The molecule has 5 nitrogen and oxygen atoms in total. The number of amides is 1. The Morgan fingerprint density at radius 3 is 3.18 bits per heavy atom. The summed E-state index contributed by atoms with van der Waals surface area (Å²) in [4.78, 5) is 15.2. The van der Waals surface area contributed by atoms with Crippen LogP contribution < -0.4 is 10.6 Å². The van der Waals surface area contributed by atoms with E-state index in [2.05, 4.69) is 15.6 Å². The molecule has 0 unspecified atom stereocenters. The van der Waals surface area contributed by atoms with Crippen molar-refractivity contribution < 1.29 is 13.9 Å². The summed E-state index contributed by atoms with van der Waals surface area (Å²) in [5.41, 5.74) is 1.84. The molecule has 1 aromatic heterocycles. The van der Waals surface area contributed by atoms with Crippen LogP contribution in [0.2, 0.25) is 0 Å². The fourth-order valence-corrected chi connectivity index (χ4v) is 2.82. The summed E-state index contributed by atoms with van der Waals surface area (Å²) in [6.07, 6.45) is 2.44. The smallest absolute Gasteiger partial charge is 0.239 e. The molecule has 1 aliphatic heterocycles. The van der Waals surface area contributed by atoms with Crippen molar-refractivity contribution in [3.63, 3.8) is 0 Å². The fraction of sp³-hybridized carbons (Fsp3) is 0.438. The van der Waals surface area contributed by atoms with Crippen LogP contribution in [0.5, 0.6) is 0 Å². The summed E-state index contributed by atoms with van der Waals surface area (Å²) in [7, 11) is 0. The second-order valence-electron chi connectivity index (χ2n) is 5.55. The van der Waals surface area contributed by atoms with Gasteiger partial charge >= 0.3 is 0 Å². The van der Waals surface area contributed by atoms with Crippen LogP contribution in [0.15, 0.2) is 24.4 Å². The lowest BCUT2D eigenvalue weighted by atomic mass is 10.1. The van der Waals surface area contributed by atoms with E-state index in [-0.39, 0.29) is 23.9 Å². The summed E-state index contributed by atoms with van der Waals surface area (Å²) < 4.78 is 18.6. The molecule has 118 valence electrons. The average molecular weight is 305 g/mol. The minimum absolute atomic E-state index is 0.0434. The minimum atomic E-state index is -0.300. The second kappa shape index (κ2) is 6.46. The molecule has 0 radical (unpaired) electrons. The zero-order chi connectivity index (χ0) is 15.5. The number of aromatic nitrogens is 1. The number of morpholine rings is 1. The van der Waals surface area contributed by atoms with Crippen molar-refractivity contribution in [1.82, 2.24) is 15.6 Å². The van der Waals surface area contributed by atoms with Crippen molar-refractivity contribution in [3.8, 4) is 0 Å². The lowest BCUT2D eigenvalue weighted by molar-refractivity contribution is -0.128. The van der Waals surface area contributed by atoms with Gasteiger partial charge in [0.1, 0.15) is 11.9 Å². The third-order valence-corrected chi connectivity index (χ3v) is 4.02. The highest BCUT2D eigenvalue weighted by atomic mass is 19.1. The zero-order valence-electron chi connectivity index (χ0n) is 12.5. The average Bonchev–Trinajstić information content (AvgIpc) is 2.90. The standard InChI is InChI=1S/C16H20FN3O2/c1-10-15(18-6-7-22-10)16(21)19-5-4-11-9-20-14-8-12(17)2-3-13(11)14/h2-3,8-10,15,18,20H,4-7H2,1H3,(H,19,21)/t10-,15+/m1/s1. The summed E-state index contributed by atoms with van der Waals surface area (Å²) in [5, 5.41) is 7.08. The van der Waals surface area contributed by atoms with Gasteiger partial charge in [0.25, 0.3) is 0 Å². The predicted octanol–water partition coefficient (Wildman–Crippen LogP) is 1.34. The van der Waals surface area contributed by atoms with E-state index in [9.17, 15) is 9.18 Å². The third-order valence-electron chi connectivity index (χ3n) is 4.02. The van der Waals surface area contributed by atoms with Gasteiger partial charge in [0.15, 0.2) is 0 Å². The molecule has 1 amide bonds. The Labute approximate surface area is 128 Å². The van der Waals surface area contributed by atoms with Crippen LogP contribution in [0.1, 0.15) is 12.5 Å². The fourth-order valence-electron chi connectivity index (χ4n) is 2.82. The third kappa shape index (κ3) is 3.13. The van der Waals surface area contributed by atoms with Gasteiger partial charge in [0.05, 0.1) is 12.7 Å². The molecule has 1 aromatic carbocycles. The molecule has 1 saturated heterocycles. The maximum absolute atomic E-state index is 13.2. The molecule has 0 saturated carbocycles. The summed E-state index contributed by atoms with van der Waals surface area (Å²) in [6.45, 7) is 3.76. The molecule has 1 fully saturated rings. The molecule has 2 aromatic rings. The number of halogens is 1. The van der Waals surface area contributed by atoms with Gasteiger partial charge in [-0.05, 0) is 37.1 Å². The van der Waals surface area contributed by atoms with Crippen LogP contribution in [0.4, 0.5) is 4.39 Å². The number of carbonyl (C=O) groups is 1. The van der Waals surface area contributed by atoms with Crippen molar-refractivity contribution in [2.24, 2.45) is 0 Å². The summed E-state index contributed by atoms with van der Waals surface area (Å²) in [6, 6.07) is 4.38. The topological polar surface area (TPSA) is 66.2 Å². The van der Waals surface area contributed by atoms with Crippen molar-refractivity contribution in [2.45, 2.75) is 25.5 Å². The second-order valence-corrected chi connectivity index (χ2v) is 5.55. The number of benzene rings is 1. The maximum atomic E-state index is 13.2. The van der Waals surface area contributed by atoms with Crippen LogP contribution >= 0.6 is 0 Å². The first-order valence-electron chi connectivity index (χ1n) is 7.53.